The smallest absolute Gasteiger partial charge is 0.248 e. The molecule has 1 aliphatic rings. The Labute approximate surface area is 190 Å². The molecule has 4 aromatic rings. The number of ether oxygens (including phenoxy) is 1. The highest BCUT2D eigenvalue weighted by Gasteiger charge is 2.28. The monoisotopic (exact) mass is 445 g/mol. The van der Waals surface area contributed by atoms with Gasteiger partial charge in [0.2, 0.25) is 29.5 Å². The number of methoxy groups -OCH3 is 1. The molecule has 0 saturated heterocycles. The van der Waals surface area contributed by atoms with Crippen LogP contribution in [0.25, 0.3) is 11.4 Å². The van der Waals surface area contributed by atoms with Crippen LogP contribution in [0.4, 0.5) is 17.6 Å². The third-order valence-electron chi connectivity index (χ3n) is 5.55. The molecule has 0 aliphatic carbocycles. The topological polar surface area (TPSA) is 111 Å². The molecule has 33 heavy (non-hydrogen) atoms. The third kappa shape index (κ3) is 4.02. The number of aromatic nitrogens is 5. The highest BCUT2D eigenvalue weighted by atomic mass is 16.5. The van der Waals surface area contributed by atoms with E-state index in [1.807, 2.05) is 49.4 Å². The number of fused-ring (bicyclic) bond motifs is 1. The van der Waals surface area contributed by atoms with Gasteiger partial charge in [-0.1, -0.05) is 29.4 Å². The Morgan fingerprint density at radius 3 is 2.76 bits per heavy atom. The van der Waals surface area contributed by atoms with Gasteiger partial charge in [0, 0.05) is 25.1 Å². The minimum atomic E-state index is 0.0335. The molecule has 0 atom stereocenters. The summed E-state index contributed by atoms with van der Waals surface area (Å²) in [6.07, 6.45) is 0.383. The highest BCUT2D eigenvalue weighted by Crippen LogP contribution is 2.32. The zero-order valence-corrected chi connectivity index (χ0v) is 18.6. The van der Waals surface area contributed by atoms with E-state index in [1.54, 1.807) is 23.6 Å². The van der Waals surface area contributed by atoms with Gasteiger partial charge in [0.15, 0.2) is 0 Å². The Morgan fingerprint density at radius 1 is 1.15 bits per heavy atom. The first-order valence-corrected chi connectivity index (χ1v) is 10.6. The number of carbonyl (C=O) groups excluding carboxylic acids is 1. The molecule has 0 radical (unpaired) electrons. The third-order valence-corrected chi connectivity index (χ3v) is 5.55. The van der Waals surface area contributed by atoms with Gasteiger partial charge in [-0.05, 0) is 30.2 Å². The van der Waals surface area contributed by atoms with E-state index in [4.69, 9.17) is 9.26 Å². The van der Waals surface area contributed by atoms with Gasteiger partial charge in [0.1, 0.15) is 5.75 Å². The molecule has 168 valence electrons. The van der Waals surface area contributed by atoms with Crippen molar-refractivity contribution in [2.45, 2.75) is 33.4 Å². The minimum absolute atomic E-state index is 0.0335. The molecular weight excluding hydrogens is 422 g/mol. The second kappa shape index (κ2) is 8.38. The van der Waals surface area contributed by atoms with Gasteiger partial charge < -0.3 is 14.6 Å². The average molecular weight is 445 g/mol. The quantitative estimate of drug-likeness (QED) is 0.479. The van der Waals surface area contributed by atoms with E-state index in [0.717, 1.165) is 16.8 Å². The van der Waals surface area contributed by atoms with E-state index in [2.05, 4.69) is 25.5 Å². The first kappa shape index (κ1) is 20.7. The summed E-state index contributed by atoms with van der Waals surface area (Å²) in [6.45, 7) is 4.72. The summed E-state index contributed by atoms with van der Waals surface area (Å²) in [5.74, 6) is 2.48. The first-order valence-electron chi connectivity index (χ1n) is 10.6. The molecule has 0 saturated carbocycles. The second-order valence-electron chi connectivity index (χ2n) is 7.79. The summed E-state index contributed by atoms with van der Waals surface area (Å²) in [7, 11) is 1.58. The molecule has 10 heteroatoms. The van der Waals surface area contributed by atoms with Gasteiger partial charge in [-0.25, -0.2) is 4.68 Å². The van der Waals surface area contributed by atoms with E-state index in [1.165, 1.54) is 0 Å². The van der Waals surface area contributed by atoms with Gasteiger partial charge in [-0.3, -0.25) is 9.69 Å². The van der Waals surface area contributed by atoms with Crippen molar-refractivity contribution in [1.82, 2.24) is 24.9 Å². The lowest BCUT2D eigenvalue weighted by Gasteiger charge is -2.26. The van der Waals surface area contributed by atoms with E-state index in [0.29, 0.717) is 54.4 Å². The zero-order chi connectivity index (χ0) is 22.9. The molecule has 10 nitrogen and oxygen atoms in total. The van der Waals surface area contributed by atoms with Crippen LogP contribution in [-0.4, -0.2) is 37.9 Å². The van der Waals surface area contributed by atoms with Crippen molar-refractivity contribution in [2.24, 2.45) is 0 Å². The van der Waals surface area contributed by atoms with Gasteiger partial charge >= 0.3 is 0 Å². The van der Waals surface area contributed by atoms with Crippen LogP contribution in [0.1, 0.15) is 23.4 Å². The van der Waals surface area contributed by atoms with Crippen molar-refractivity contribution >= 4 is 23.5 Å². The van der Waals surface area contributed by atoms with Crippen molar-refractivity contribution in [1.29, 1.82) is 0 Å². The SMILES string of the molecule is COc1cc(Nc2nc3n(n2)CCC(=O)N3Cc2ccccc2C)ccc1-c1noc(C)n1. The van der Waals surface area contributed by atoms with Gasteiger partial charge in [0.05, 0.1) is 25.8 Å². The van der Waals surface area contributed by atoms with Crippen molar-refractivity contribution in [3.63, 3.8) is 0 Å². The van der Waals surface area contributed by atoms with Gasteiger partial charge in [-0.2, -0.15) is 9.97 Å². The fourth-order valence-corrected chi connectivity index (χ4v) is 3.79. The average Bonchev–Trinajstić information content (AvgIpc) is 3.43. The number of hydrogen-bond acceptors (Lipinski definition) is 8. The number of aryl methyl sites for hydroxylation is 3. The van der Waals surface area contributed by atoms with Crippen LogP contribution < -0.4 is 15.0 Å². The Hall–Kier alpha value is -4.21. The Morgan fingerprint density at radius 2 is 2.00 bits per heavy atom. The fourth-order valence-electron chi connectivity index (χ4n) is 3.79. The Kier molecular flexibility index (Phi) is 5.25. The molecule has 1 aliphatic heterocycles. The van der Waals surface area contributed by atoms with Crippen molar-refractivity contribution in [2.75, 3.05) is 17.3 Å². The lowest BCUT2D eigenvalue weighted by Crippen LogP contribution is -2.37. The number of nitrogens with one attached hydrogen (secondary N) is 1. The molecule has 0 fully saturated rings. The van der Waals surface area contributed by atoms with E-state index in [9.17, 15) is 4.79 Å². The maximum atomic E-state index is 12.7. The summed E-state index contributed by atoms with van der Waals surface area (Å²) < 4.78 is 12.3. The largest absolute Gasteiger partial charge is 0.496 e. The van der Waals surface area contributed by atoms with Crippen LogP contribution in [0.2, 0.25) is 0 Å². The van der Waals surface area contributed by atoms with E-state index in [-0.39, 0.29) is 5.91 Å². The number of rotatable bonds is 6. The van der Waals surface area contributed by atoms with Crippen LogP contribution >= 0.6 is 0 Å². The molecule has 2 aromatic carbocycles. The number of nitrogens with zero attached hydrogens (tertiary/aromatic N) is 6. The summed E-state index contributed by atoms with van der Waals surface area (Å²) in [5.41, 5.74) is 3.65. The zero-order valence-electron chi connectivity index (χ0n) is 18.6. The normalized spacial score (nSPS) is 13.2. The molecule has 1 N–H and O–H groups in total. The molecule has 0 bridgehead atoms. The number of anilines is 3. The summed E-state index contributed by atoms with van der Waals surface area (Å²) in [4.78, 5) is 23.2. The standard InChI is InChI=1S/C23H23N7O3/c1-14-6-4-5-7-16(14)13-29-20(31)10-11-30-23(29)26-22(27-30)25-17-8-9-18(19(12-17)32-3)21-24-15(2)33-28-21/h4-9,12H,10-11,13H2,1-3H3,(H,25,27). The number of amides is 1. The molecule has 2 aromatic heterocycles. The van der Waals surface area contributed by atoms with Crippen LogP contribution in [0.3, 0.4) is 0 Å². The molecule has 0 spiro atoms. The van der Waals surface area contributed by atoms with Crippen molar-refractivity contribution < 1.29 is 14.1 Å². The molecule has 5 rings (SSSR count). The predicted molar refractivity (Wildman–Crippen MR) is 121 cm³/mol. The Bertz CT molecular complexity index is 1330. The lowest BCUT2D eigenvalue weighted by molar-refractivity contribution is -0.119. The lowest BCUT2D eigenvalue weighted by atomic mass is 10.1. The Balaban J connectivity index is 1.41. The summed E-state index contributed by atoms with van der Waals surface area (Å²) >= 11 is 0. The molecular formula is C23H23N7O3. The summed E-state index contributed by atoms with van der Waals surface area (Å²) in [5, 5.41) is 11.7. The van der Waals surface area contributed by atoms with Gasteiger partial charge in [0.25, 0.3) is 0 Å². The molecule has 1 amide bonds. The molecule has 0 unspecified atom stereocenters. The van der Waals surface area contributed by atoms with Crippen LogP contribution in [0.5, 0.6) is 5.75 Å². The maximum Gasteiger partial charge on any atom is 0.248 e. The maximum absolute atomic E-state index is 12.7. The van der Waals surface area contributed by atoms with Gasteiger partial charge in [-0.15, -0.1) is 5.10 Å². The van der Waals surface area contributed by atoms with Crippen LogP contribution in [-0.2, 0) is 17.9 Å². The number of hydrogen-bond donors (Lipinski definition) is 1. The molecule has 3 heterocycles. The number of benzene rings is 2. The van der Waals surface area contributed by atoms with Crippen molar-refractivity contribution in [3.05, 3.63) is 59.5 Å². The number of carbonyl (C=O) groups is 1. The summed E-state index contributed by atoms with van der Waals surface area (Å²) in [6, 6.07) is 13.5. The van der Waals surface area contributed by atoms with Crippen LogP contribution in [0.15, 0.2) is 47.0 Å². The minimum Gasteiger partial charge on any atom is -0.496 e. The fraction of sp³-hybridized carbons (Fsp3) is 0.261. The predicted octanol–water partition coefficient (Wildman–Crippen LogP) is 3.63. The first-order chi connectivity index (χ1) is 16.0. The second-order valence-corrected chi connectivity index (χ2v) is 7.79. The van der Waals surface area contributed by atoms with E-state index >= 15 is 0 Å². The van der Waals surface area contributed by atoms with Crippen LogP contribution in [0, 0.1) is 13.8 Å². The van der Waals surface area contributed by atoms with Crippen molar-refractivity contribution in [3.8, 4) is 17.1 Å². The highest BCUT2D eigenvalue weighted by molar-refractivity contribution is 5.93. The van der Waals surface area contributed by atoms with E-state index < -0.39 is 0 Å².